The molecule has 4 aromatic carbocycles. The highest BCUT2D eigenvalue weighted by molar-refractivity contribution is 7.94. The Morgan fingerprint density at radius 2 is 0.574 bits per heavy atom. The second kappa shape index (κ2) is 48.3. The second-order valence-electron chi connectivity index (χ2n) is 31.2. The van der Waals surface area contributed by atoms with Gasteiger partial charge in [-0.15, -0.1) is 81.7 Å². The SMILES string of the molecule is CCN1c2cc(NS(=O)(=O)C(F)(F)F)c(N=Nc3nnc(C(=O)OC(F)(F)C(F)(F)F)s3)cc2CCC1C.CCN1c2cc(NS(=O)(=O)C(F)(F)F)c(N=Nc3nnc(C(=O)OCCOC)s3)cc2CCC1C.CCN1c2cc(NS(=O)(=O)CC(F)(F)F)c(N=Nc3nnc(C(=O)OC(F)(F)C(F)(F)F)s3)cc2CCC1C.CCN1c2cc(NS(=O)(=O)CC(F)(F)F)c(N=Nc3nnc(C(=O)OCCOC)s3)cc2CCC1C. The van der Waals surface area contributed by atoms with Crippen molar-refractivity contribution in [1.29, 1.82) is 0 Å². The van der Waals surface area contributed by atoms with Crippen molar-refractivity contribution in [2.45, 2.75) is 179 Å². The fourth-order valence-electron chi connectivity index (χ4n) is 13.9. The van der Waals surface area contributed by atoms with E-state index in [9.17, 15) is 149 Å². The van der Waals surface area contributed by atoms with Crippen molar-refractivity contribution in [3.05, 3.63) is 90.8 Å². The predicted molar refractivity (Wildman–Crippen MR) is 487 cm³/mol. The lowest BCUT2D eigenvalue weighted by molar-refractivity contribution is -0.370. The highest BCUT2D eigenvalue weighted by Gasteiger charge is 2.64. The summed E-state index contributed by atoms with van der Waals surface area (Å²) >= 11 is 1.74. The molecule has 0 fully saturated rings. The van der Waals surface area contributed by atoms with Crippen molar-refractivity contribution in [3.8, 4) is 0 Å². The van der Waals surface area contributed by atoms with Crippen LogP contribution in [0.2, 0.25) is 0 Å². The monoisotopic (exact) mass is 2290 g/mol. The molecule has 0 saturated heterocycles. The molecule has 4 N–H and O–H groups in total. The summed E-state index contributed by atoms with van der Waals surface area (Å²) in [7, 11) is -18.4. The summed E-state index contributed by atoms with van der Waals surface area (Å²) in [5, 5.41) is 54.2. The lowest BCUT2D eigenvalue weighted by Gasteiger charge is -2.36. The Labute approximate surface area is 839 Å². The summed E-state index contributed by atoms with van der Waals surface area (Å²) in [5.74, 6) is -10.0. The molecule has 0 radical (unpaired) electrons. The van der Waals surface area contributed by atoms with Crippen LogP contribution in [0.5, 0.6) is 0 Å². The van der Waals surface area contributed by atoms with Gasteiger partial charge < -0.3 is 48.0 Å². The van der Waals surface area contributed by atoms with Gasteiger partial charge in [0, 0.05) is 87.3 Å². The average Bonchev–Trinajstić information content (AvgIpc) is 0.883. The van der Waals surface area contributed by atoms with E-state index in [0.717, 1.165) is 52.7 Å². The molecule has 4 aliphatic rings. The van der Waals surface area contributed by atoms with E-state index in [1.165, 1.54) is 55.3 Å². The molecular weight excluding hydrogens is 2210 g/mol. The molecule has 0 aliphatic carbocycles. The molecule has 72 heteroatoms. The number of halogens is 22. The Morgan fingerprint density at radius 3 is 0.784 bits per heavy atom. The Morgan fingerprint density at radius 1 is 0.345 bits per heavy atom. The molecule has 0 saturated carbocycles. The molecule has 8 heterocycles. The molecule has 0 spiro atoms. The summed E-state index contributed by atoms with van der Waals surface area (Å²) < 4.78 is 409. The lowest BCUT2D eigenvalue weighted by Crippen LogP contribution is -2.40. The van der Waals surface area contributed by atoms with Gasteiger partial charge >= 0.3 is 91.9 Å². The molecule has 4 aromatic heterocycles. The maximum atomic E-state index is 13.1. The van der Waals surface area contributed by atoms with Crippen LogP contribution in [0.1, 0.15) is 143 Å². The molecule has 0 amide bonds. The molecule has 4 aliphatic heterocycles. The van der Waals surface area contributed by atoms with Gasteiger partial charge in [-0.05, 0) is 178 Å². The number of ether oxygens (including phenoxy) is 6. The smallest absolute Gasteiger partial charge is 0.458 e. The van der Waals surface area contributed by atoms with E-state index in [0.29, 0.717) is 98.6 Å². The Balaban J connectivity index is 0.000000219. The van der Waals surface area contributed by atoms with Crippen LogP contribution in [0, 0.1) is 0 Å². The lowest BCUT2D eigenvalue weighted by atomic mass is 9.95. The Bertz CT molecular complexity index is 6690. The van der Waals surface area contributed by atoms with Gasteiger partial charge in [0.25, 0.3) is 20.5 Å². The summed E-state index contributed by atoms with van der Waals surface area (Å²) in [5.41, 5.74) is -8.27. The van der Waals surface area contributed by atoms with E-state index >= 15 is 0 Å². The normalized spacial score (nSPS) is 16.6. The Kier molecular flexibility index (Phi) is 39.0. The molecule has 8 aromatic rings. The molecule has 42 nitrogen and oxygen atoms in total. The zero-order valence-corrected chi connectivity index (χ0v) is 84.1. The zero-order chi connectivity index (χ0) is 110. The van der Waals surface area contributed by atoms with Gasteiger partial charge in [0.1, 0.15) is 36.0 Å². The van der Waals surface area contributed by atoms with Gasteiger partial charge in [-0.2, -0.15) is 113 Å². The van der Waals surface area contributed by atoms with Crippen LogP contribution in [0.25, 0.3) is 0 Å². The van der Waals surface area contributed by atoms with Crippen LogP contribution in [0.3, 0.4) is 0 Å². The van der Waals surface area contributed by atoms with Gasteiger partial charge in [-0.1, -0.05) is 45.3 Å². The molecule has 0 bridgehead atoms. The van der Waals surface area contributed by atoms with Crippen LogP contribution in [0.15, 0.2) is 89.4 Å². The largest absolute Gasteiger partial charge is 0.516 e. The first-order chi connectivity index (χ1) is 68.6. The number of carbonyl (C=O) groups is 4. The molecule has 4 atom stereocenters. The van der Waals surface area contributed by atoms with Crippen molar-refractivity contribution >= 4 is 198 Å². The number of benzene rings is 4. The van der Waals surface area contributed by atoms with Crippen LogP contribution >= 0.6 is 45.3 Å². The maximum Gasteiger partial charge on any atom is 0.516 e. The van der Waals surface area contributed by atoms with E-state index in [2.05, 4.69) is 91.2 Å². The topological polar surface area (TPSA) is 523 Å². The third-order valence-corrected chi connectivity index (χ3v) is 28.5. The third kappa shape index (κ3) is 32.0. The summed E-state index contributed by atoms with van der Waals surface area (Å²) in [6.07, 6.45) is -28.7. The first-order valence-corrected chi connectivity index (χ1v) is 51.9. The maximum absolute atomic E-state index is 13.1. The van der Waals surface area contributed by atoms with E-state index in [4.69, 9.17) is 18.9 Å². The van der Waals surface area contributed by atoms with Crippen molar-refractivity contribution in [1.82, 2.24) is 40.8 Å². The highest BCUT2D eigenvalue weighted by Crippen LogP contribution is 2.48. The van der Waals surface area contributed by atoms with E-state index in [-0.39, 0.29) is 128 Å². The van der Waals surface area contributed by atoms with Crippen LogP contribution in [0.4, 0.5) is 185 Å². The van der Waals surface area contributed by atoms with Gasteiger partial charge in [0.15, 0.2) is 11.5 Å². The number of methoxy groups -OCH3 is 2. The number of azo groups is 4. The van der Waals surface area contributed by atoms with Crippen LogP contribution < -0.4 is 38.5 Å². The second-order valence-corrected chi connectivity index (χ2v) is 41.8. The van der Waals surface area contributed by atoms with Gasteiger partial charge in [0.05, 0.1) is 36.0 Å². The minimum absolute atomic E-state index is 0.00339. The number of sulfonamides is 4. The predicted octanol–water partition coefficient (Wildman–Crippen LogP) is 19.8. The Hall–Kier alpha value is -12.0. The summed E-state index contributed by atoms with van der Waals surface area (Å²) in [4.78, 5) is 54.9. The number of hydrogen-bond acceptors (Lipinski definition) is 42. The summed E-state index contributed by atoms with van der Waals surface area (Å²) in [6.45, 7) is 17.8. The molecular formula is C76H82F22N24O18S8. The number of alkyl halides is 22. The van der Waals surface area contributed by atoms with Crippen molar-refractivity contribution in [2.75, 3.05) is 117 Å². The van der Waals surface area contributed by atoms with Gasteiger partial charge in [-0.3, -0.25) is 18.9 Å². The number of fused-ring (bicyclic) bond motifs is 4. The van der Waals surface area contributed by atoms with Crippen molar-refractivity contribution in [3.63, 3.8) is 0 Å². The minimum atomic E-state index is -6.19. The van der Waals surface area contributed by atoms with Crippen molar-refractivity contribution < 1.29 is 178 Å². The first-order valence-electron chi connectivity index (χ1n) is 42.3. The number of hydrogen-bond donors (Lipinski definition) is 4. The number of nitrogens with zero attached hydrogens (tertiary/aromatic N) is 20. The van der Waals surface area contributed by atoms with Crippen LogP contribution in [-0.4, -0.2) is 249 Å². The zero-order valence-electron chi connectivity index (χ0n) is 77.5. The fourth-order valence-corrected chi connectivity index (χ4v) is 19.3. The number of aryl methyl sites for hydroxylation is 4. The minimum Gasteiger partial charge on any atom is -0.458 e. The fraction of sp³-hybridized carbons (Fsp3) is 0.526. The van der Waals surface area contributed by atoms with E-state index in [1.54, 1.807) is 17.7 Å². The quantitative estimate of drug-likeness (QED) is 0.00956. The summed E-state index contributed by atoms with van der Waals surface area (Å²) in [6, 6.07) is 11.3. The molecule has 816 valence electrons. The average molecular weight is 2290 g/mol. The highest BCUT2D eigenvalue weighted by atomic mass is 32.2. The number of aromatic nitrogens is 8. The number of carbonyl (C=O) groups excluding carboxylic acids is 4. The molecule has 148 heavy (non-hydrogen) atoms. The third-order valence-electron chi connectivity index (χ3n) is 20.7. The van der Waals surface area contributed by atoms with E-state index < -0.39 is 155 Å². The van der Waals surface area contributed by atoms with Gasteiger partial charge in [0.2, 0.25) is 40.1 Å². The number of anilines is 8. The van der Waals surface area contributed by atoms with Gasteiger partial charge in [-0.25, -0.2) is 36.0 Å². The number of nitrogens with one attached hydrogen (secondary N) is 4. The first kappa shape index (κ1) is 120. The molecule has 4 unspecified atom stereocenters. The standard InChI is InChI=1S/C20H25F3N6O5S2.C19H18F8N6O4S2.C19H23F3N6O5S2.C18H16F8N6O4S2/c1-4-29-12(2)5-6-13-9-14(15(10-16(13)29)28-36(31,32)11-20(21,22)23)24-26-19-27-25-17(35-19)18(30)34-8-7-33-3;1-3-33-9(2)4-5-10-6-11(12(7-13(10)33)32-39(35,36)8-17(20,21)22)28-30-16-31-29-14(38-16)15(34)37-19(26,27)18(23,24)25;1-4-28-11(2)5-6-12-9-13(14(10-15(12)28)27-35(30,31)19(20,21)22)23-25-18-26-24-16(34-18)17(29)33-8-7-32-3;1-3-32-8(2)4-5-9-6-10(11(7-12(9)32)31-38(34,35)18(24,25)26)27-29-15-30-28-13(37-15)14(33)36-17(22,23)16(19,20)21/h9-10,12,28H,4-8,11H2,1-3H3;6-7,9,32H,3-5,8H2,1-2H3;9-11,27H,4-8H2,1-3H3;6-8,31H,3-5H2,1-2H3. The van der Waals surface area contributed by atoms with Crippen LogP contribution in [-0.2, 0) is 94.2 Å². The van der Waals surface area contributed by atoms with Crippen molar-refractivity contribution in [2.24, 2.45) is 40.9 Å². The number of esters is 4. The molecule has 12 rings (SSSR count). The number of rotatable bonds is 34. The van der Waals surface area contributed by atoms with E-state index in [1.807, 2.05) is 77.5 Å².